The molecule has 2 aromatic rings. The molecule has 1 heterocycles. The summed E-state index contributed by atoms with van der Waals surface area (Å²) in [4.78, 5) is 0. The van der Waals surface area contributed by atoms with Gasteiger partial charge in [-0.25, -0.2) is 0 Å². The Morgan fingerprint density at radius 1 is 1.12 bits per heavy atom. The monoisotopic (exact) mass is 228 g/mol. The van der Waals surface area contributed by atoms with Crippen molar-refractivity contribution in [2.24, 2.45) is 0 Å². The van der Waals surface area contributed by atoms with E-state index in [1.807, 2.05) is 24.3 Å². The fourth-order valence-electron chi connectivity index (χ4n) is 2.28. The van der Waals surface area contributed by atoms with E-state index < -0.39 is 0 Å². The summed E-state index contributed by atoms with van der Waals surface area (Å²) in [5.41, 5.74) is 0. The topological polar surface area (TPSA) is 18.5 Å². The summed E-state index contributed by atoms with van der Waals surface area (Å²) in [7, 11) is 0. The molecule has 2 nitrogen and oxygen atoms in total. The lowest BCUT2D eigenvalue weighted by molar-refractivity contribution is 0.0685. The zero-order valence-electron chi connectivity index (χ0n) is 9.76. The van der Waals surface area contributed by atoms with Gasteiger partial charge in [0, 0.05) is 12.0 Å². The van der Waals surface area contributed by atoms with E-state index in [1.165, 1.54) is 10.8 Å². The molecule has 0 bridgehead atoms. The number of hydrogen-bond acceptors (Lipinski definition) is 2. The third-order valence-electron chi connectivity index (χ3n) is 3.20. The Morgan fingerprint density at radius 3 is 2.88 bits per heavy atom. The molecule has 1 saturated heterocycles. The smallest absolute Gasteiger partial charge is 0.127 e. The number of benzene rings is 2. The second-order valence-electron chi connectivity index (χ2n) is 4.42. The quantitative estimate of drug-likeness (QED) is 0.801. The predicted octanol–water partition coefficient (Wildman–Crippen LogP) is 3.40. The Kier molecular flexibility index (Phi) is 2.97. The second-order valence-corrected chi connectivity index (χ2v) is 4.42. The van der Waals surface area contributed by atoms with Crippen molar-refractivity contribution < 1.29 is 9.47 Å². The van der Waals surface area contributed by atoms with Gasteiger partial charge in [0.05, 0.1) is 6.10 Å². The maximum atomic E-state index is 5.88. The molecule has 2 heteroatoms. The molecule has 1 unspecified atom stereocenters. The van der Waals surface area contributed by atoms with Crippen molar-refractivity contribution >= 4 is 10.8 Å². The predicted molar refractivity (Wildman–Crippen MR) is 68.4 cm³/mol. The van der Waals surface area contributed by atoms with Crippen molar-refractivity contribution in [2.45, 2.75) is 18.9 Å². The average Bonchev–Trinajstić information content (AvgIpc) is 2.89. The Morgan fingerprint density at radius 2 is 2.00 bits per heavy atom. The molecule has 0 amide bonds. The van der Waals surface area contributed by atoms with E-state index >= 15 is 0 Å². The normalized spacial score (nSPS) is 19.6. The summed E-state index contributed by atoms with van der Waals surface area (Å²) in [6.45, 7) is 1.54. The highest BCUT2D eigenvalue weighted by atomic mass is 16.5. The van der Waals surface area contributed by atoms with Crippen LogP contribution in [0.3, 0.4) is 0 Å². The minimum atomic E-state index is 0.272. The Hall–Kier alpha value is -1.54. The molecule has 0 saturated carbocycles. The van der Waals surface area contributed by atoms with Gasteiger partial charge in [-0.3, -0.25) is 0 Å². The SMILES string of the molecule is c1ccc2c(OCC3CCCO3)cccc2c1. The summed E-state index contributed by atoms with van der Waals surface area (Å²) in [6, 6.07) is 14.5. The van der Waals surface area contributed by atoms with E-state index in [0.717, 1.165) is 25.2 Å². The molecule has 0 spiro atoms. The number of fused-ring (bicyclic) bond motifs is 1. The molecule has 17 heavy (non-hydrogen) atoms. The first kappa shape index (κ1) is 10.6. The van der Waals surface area contributed by atoms with Crippen LogP contribution in [0.2, 0.25) is 0 Å². The van der Waals surface area contributed by atoms with Crippen molar-refractivity contribution in [1.82, 2.24) is 0 Å². The van der Waals surface area contributed by atoms with Crippen molar-refractivity contribution in [3.8, 4) is 5.75 Å². The largest absolute Gasteiger partial charge is 0.490 e. The fraction of sp³-hybridized carbons (Fsp3) is 0.333. The zero-order valence-corrected chi connectivity index (χ0v) is 9.76. The lowest BCUT2D eigenvalue weighted by Crippen LogP contribution is -2.16. The fourth-order valence-corrected chi connectivity index (χ4v) is 2.28. The van der Waals surface area contributed by atoms with Crippen LogP contribution in [0.15, 0.2) is 42.5 Å². The highest BCUT2D eigenvalue weighted by molar-refractivity contribution is 5.88. The molecule has 0 radical (unpaired) electrons. The summed E-state index contributed by atoms with van der Waals surface area (Å²) >= 11 is 0. The molecule has 88 valence electrons. The van der Waals surface area contributed by atoms with Crippen LogP contribution in [0.1, 0.15) is 12.8 Å². The van der Waals surface area contributed by atoms with Crippen molar-refractivity contribution in [3.63, 3.8) is 0 Å². The highest BCUT2D eigenvalue weighted by Gasteiger charge is 2.16. The van der Waals surface area contributed by atoms with E-state index in [0.29, 0.717) is 6.61 Å². The van der Waals surface area contributed by atoms with Crippen molar-refractivity contribution in [1.29, 1.82) is 0 Å². The van der Waals surface area contributed by atoms with Crippen LogP contribution in [-0.2, 0) is 4.74 Å². The molecule has 1 aliphatic rings. The summed E-state index contributed by atoms with van der Waals surface area (Å²) in [5.74, 6) is 0.957. The maximum absolute atomic E-state index is 5.88. The Bertz CT molecular complexity index is 496. The van der Waals surface area contributed by atoms with Gasteiger partial charge >= 0.3 is 0 Å². The van der Waals surface area contributed by atoms with Gasteiger partial charge < -0.3 is 9.47 Å². The molecule has 0 N–H and O–H groups in total. The van der Waals surface area contributed by atoms with Gasteiger partial charge in [-0.15, -0.1) is 0 Å². The molecular formula is C15H16O2. The Labute approximate surface area is 101 Å². The van der Waals surface area contributed by atoms with E-state index in [-0.39, 0.29) is 6.10 Å². The lowest BCUT2D eigenvalue weighted by Gasteiger charge is -2.13. The van der Waals surface area contributed by atoms with Gasteiger partial charge in [0.2, 0.25) is 0 Å². The van der Waals surface area contributed by atoms with E-state index in [4.69, 9.17) is 9.47 Å². The van der Waals surface area contributed by atoms with Gasteiger partial charge in [-0.1, -0.05) is 36.4 Å². The van der Waals surface area contributed by atoms with Crippen molar-refractivity contribution in [3.05, 3.63) is 42.5 Å². The van der Waals surface area contributed by atoms with Gasteiger partial charge in [0.25, 0.3) is 0 Å². The van der Waals surface area contributed by atoms with Gasteiger partial charge in [-0.2, -0.15) is 0 Å². The van der Waals surface area contributed by atoms with Crippen LogP contribution in [0.25, 0.3) is 10.8 Å². The van der Waals surface area contributed by atoms with E-state index in [9.17, 15) is 0 Å². The van der Waals surface area contributed by atoms with Crippen LogP contribution < -0.4 is 4.74 Å². The van der Waals surface area contributed by atoms with E-state index in [1.54, 1.807) is 0 Å². The molecular weight excluding hydrogens is 212 g/mol. The maximum Gasteiger partial charge on any atom is 0.127 e. The number of rotatable bonds is 3. The summed E-state index contributed by atoms with van der Waals surface area (Å²) < 4.78 is 11.4. The van der Waals surface area contributed by atoms with Crippen molar-refractivity contribution in [2.75, 3.05) is 13.2 Å². The van der Waals surface area contributed by atoms with Crippen LogP contribution in [0, 0.1) is 0 Å². The third-order valence-corrected chi connectivity index (χ3v) is 3.20. The molecule has 3 rings (SSSR count). The number of hydrogen-bond donors (Lipinski definition) is 0. The highest BCUT2D eigenvalue weighted by Crippen LogP contribution is 2.26. The molecule has 0 aromatic heterocycles. The second kappa shape index (κ2) is 4.76. The third kappa shape index (κ3) is 2.27. The lowest BCUT2D eigenvalue weighted by atomic mass is 10.1. The van der Waals surface area contributed by atoms with Crippen LogP contribution in [0.5, 0.6) is 5.75 Å². The molecule has 1 fully saturated rings. The van der Waals surface area contributed by atoms with Crippen LogP contribution in [-0.4, -0.2) is 19.3 Å². The standard InChI is InChI=1S/C15H16O2/c1-2-8-14-12(5-1)6-3-9-15(14)17-11-13-7-4-10-16-13/h1-3,5-6,8-9,13H,4,7,10-11H2. The van der Waals surface area contributed by atoms with E-state index in [2.05, 4.69) is 18.2 Å². The Balaban J connectivity index is 1.79. The molecule has 0 aliphatic carbocycles. The summed E-state index contributed by atoms with van der Waals surface area (Å²) in [6.07, 6.45) is 2.54. The first-order valence-corrected chi connectivity index (χ1v) is 6.16. The molecule has 1 atom stereocenters. The zero-order chi connectivity index (χ0) is 11.5. The summed E-state index contributed by atoms with van der Waals surface area (Å²) in [5, 5.41) is 2.39. The average molecular weight is 228 g/mol. The van der Waals surface area contributed by atoms with Gasteiger partial charge in [0.15, 0.2) is 0 Å². The van der Waals surface area contributed by atoms with Gasteiger partial charge in [0.1, 0.15) is 12.4 Å². The van der Waals surface area contributed by atoms with Gasteiger partial charge in [-0.05, 0) is 24.3 Å². The first-order valence-electron chi connectivity index (χ1n) is 6.16. The minimum Gasteiger partial charge on any atom is -0.490 e. The molecule has 2 aromatic carbocycles. The number of ether oxygens (including phenoxy) is 2. The first-order chi connectivity index (χ1) is 8.43. The minimum absolute atomic E-state index is 0.272. The van der Waals surface area contributed by atoms with Crippen LogP contribution >= 0.6 is 0 Å². The molecule has 1 aliphatic heterocycles. The van der Waals surface area contributed by atoms with Crippen LogP contribution in [0.4, 0.5) is 0 Å².